The fourth-order valence-corrected chi connectivity index (χ4v) is 6.17. The number of thioether (sulfide) groups is 1. The summed E-state index contributed by atoms with van der Waals surface area (Å²) in [6.45, 7) is 4.35. The molecular formula is C22H24N2O3S3. The van der Waals surface area contributed by atoms with Crippen LogP contribution >= 0.6 is 23.1 Å². The van der Waals surface area contributed by atoms with Gasteiger partial charge in [-0.25, -0.2) is 8.42 Å². The second kappa shape index (κ2) is 10.3. The first-order chi connectivity index (χ1) is 14.5. The van der Waals surface area contributed by atoms with Gasteiger partial charge >= 0.3 is 0 Å². The summed E-state index contributed by atoms with van der Waals surface area (Å²) in [7, 11) is -3.62. The van der Waals surface area contributed by atoms with Gasteiger partial charge in [-0.1, -0.05) is 32.0 Å². The lowest BCUT2D eigenvalue weighted by molar-refractivity contribution is 0.102. The number of carbonyl (C=O) groups is 1. The molecule has 1 amide bonds. The van der Waals surface area contributed by atoms with Crippen LogP contribution in [0.2, 0.25) is 0 Å². The molecule has 2 aromatic carbocycles. The van der Waals surface area contributed by atoms with Crippen molar-refractivity contribution in [2.24, 2.45) is 0 Å². The third kappa shape index (κ3) is 5.31. The van der Waals surface area contributed by atoms with Crippen molar-refractivity contribution < 1.29 is 13.2 Å². The Morgan fingerprint density at radius 3 is 2.53 bits per heavy atom. The molecule has 30 heavy (non-hydrogen) atoms. The number of amides is 1. The Balaban J connectivity index is 1.79. The highest BCUT2D eigenvalue weighted by atomic mass is 32.2. The molecule has 0 bridgehead atoms. The van der Waals surface area contributed by atoms with Gasteiger partial charge in [-0.3, -0.25) is 4.79 Å². The summed E-state index contributed by atoms with van der Waals surface area (Å²) in [6.07, 6.45) is 0. The molecule has 3 aromatic rings. The van der Waals surface area contributed by atoms with Crippen molar-refractivity contribution in [2.45, 2.75) is 29.4 Å². The van der Waals surface area contributed by atoms with Gasteiger partial charge in [0.05, 0.1) is 10.6 Å². The van der Waals surface area contributed by atoms with Crippen molar-refractivity contribution in [2.75, 3.05) is 18.4 Å². The number of sulfonamides is 1. The summed E-state index contributed by atoms with van der Waals surface area (Å²) in [5.74, 6) is 0.476. The van der Waals surface area contributed by atoms with Crippen molar-refractivity contribution in [1.29, 1.82) is 0 Å². The summed E-state index contributed by atoms with van der Waals surface area (Å²) in [6, 6.07) is 15.9. The van der Waals surface area contributed by atoms with Gasteiger partial charge in [0.25, 0.3) is 5.91 Å². The first-order valence-electron chi connectivity index (χ1n) is 9.60. The summed E-state index contributed by atoms with van der Waals surface area (Å²) in [5, 5.41) is 7.08. The van der Waals surface area contributed by atoms with Crippen LogP contribution in [0.1, 0.15) is 29.8 Å². The first kappa shape index (κ1) is 22.6. The quantitative estimate of drug-likeness (QED) is 0.439. The second-order valence-electron chi connectivity index (χ2n) is 6.49. The number of benzene rings is 2. The zero-order valence-electron chi connectivity index (χ0n) is 16.9. The number of para-hydroxylation sites is 1. The van der Waals surface area contributed by atoms with Crippen LogP contribution in [-0.4, -0.2) is 31.7 Å². The van der Waals surface area contributed by atoms with Crippen LogP contribution in [0.25, 0.3) is 0 Å². The maximum absolute atomic E-state index is 12.9. The summed E-state index contributed by atoms with van der Waals surface area (Å²) in [5.41, 5.74) is 2.25. The van der Waals surface area contributed by atoms with E-state index in [0.29, 0.717) is 24.3 Å². The van der Waals surface area contributed by atoms with Crippen molar-refractivity contribution in [3.63, 3.8) is 0 Å². The Kier molecular flexibility index (Phi) is 7.71. The summed E-state index contributed by atoms with van der Waals surface area (Å²) < 4.78 is 26.9. The predicted octanol–water partition coefficient (Wildman–Crippen LogP) is 5.32. The topological polar surface area (TPSA) is 66.5 Å². The van der Waals surface area contributed by atoms with Crippen molar-refractivity contribution in [3.8, 4) is 0 Å². The lowest BCUT2D eigenvalue weighted by Gasteiger charge is -2.18. The third-order valence-corrected chi connectivity index (χ3v) is 8.47. The van der Waals surface area contributed by atoms with E-state index in [-0.39, 0.29) is 10.8 Å². The Morgan fingerprint density at radius 1 is 1.07 bits per heavy atom. The zero-order chi connectivity index (χ0) is 21.6. The molecule has 1 N–H and O–H groups in total. The van der Waals surface area contributed by atoms with Crippen LogP contribution in [0.5, 0.6) is 0 Å². The molecular weight excluding hydrogens is 436 g/mol. The van der Waals surface area contributed by atoms with Crippen molar-refractivity contribution >= 4 is 44.7 Å². The van der Waals surface area contributed by atoms with Gasteiger partial charge in [0.15, 0.2) is 0 Å². The minimum atomic E-state index is -3.62. The largest absolute Gasteiger partial charge is 0.321 e. The van der Waals surface area contributed by atoms with Crippen LogP contribution in [-0.2, 0) is 15.8 Å². The molecule has 0 fully saturated rings. The molecule has 0 saturated carbocycles. The minimum absolute atomic E-state index is 0.124. The standard InChI is InChI=1S/C22H24N2O3S3/c1-3-24(4-2)30(26,27)19-9-7-8-18(14-19)22(25)23-20-10-5-6-11-21(20)29-16-17-12-13-28-15-17/h5-15H,3-4,16H2,1-2H3,(H,23,25). The van der Waals surface area contributed by atoms with E-state index in [4.69, 9.17) is 0 Å². The van der Waals surface area contributed by atoms with E-state index in [9.17, 15) is 13.2 Å². The highest BCUT2D eigenvalue weighted by Crippen LogP contribution is 2.30. The van der Waals surface area contributed by atoms with Crippen LogP contribution in [0.4, 0.5) is 5.69 Å². The highest BCUT2D eigenvalue weighted by Gasteiger charge is 2.22. The highest BCUT2D eigenvalue weighted by molar-refractivity contribution is 7.98. The molecule has 8 heteroatoms. The molecule has 3 rings (SSSR count). The van der Waals surface area contributed by atoms with E-state index >= 15 is 0 Å². The number of rotatable bonds is 9. The molecule has 0 atom stereocenters. The minimum Gasteiger partial charge on any atom is -0.321 e. The van der Waals surface area contributed by atoms with E-state index in [1.807, 2.05) is 29.6 Å². The lowest BCUT2D eigenvalue weighted by atomic mass is 10.2. The molecule has 0 radical (unpaired) electrons. The molecule has 158 valence electrons. The Morgan fingerprint density at radius 2 is 1.83 bits per heavy atom. The second-order valence-corrected chi connectivity index (χ2v) is 10.2. The molecule has 0 saturated heterocycles. The number of anilines is 1. The van der Waals surface area contributed by atoms with Crippen LogP contribution in [0.15, 0.2) is 75.1 Å². The first-order valence-corrected chi connectivity index (χ1v) is 13.0. The van der Waals surface area contributed by atoms with Crippen LogP contribution in [0.3, 0.4) is 0 Å². The Labute approximate surface area is 186 Å². The molecule has 0 aliphatic carbocycles. The Bertz CT molecular complexity index is 1090. The van der Waals surface area contributed by atoms with Gasteiger partial charge in [0, 0.05) is 29.3 Å². The molecule has 1 aromatic heterocycles. The zero-order valence-corrected chi connectivity index (χ0v) is 19.3. The van der Waals surface area contributed by atoms with Crippen LogP contribution < -0.4 is 5.32 Å². The smallest absolute Gasteiger partial charge is 0.255 e. The molecule has 0 aliphatic heterocycles. The van der Waals surface area contributed by atoms with Gasteiger partial charge in [-0.15, -0.1) is 11.8 Å². The van der Waals surface area contributed by atoms with Gasteiger partial charge in [-0.05, 0) is 52.7 Å². The van der Waals surface area contributed by atoms with Gasteiger partial charge in [0.2, 0.25) is 10.0 Å². The number of hydrogen-bond donors (Lipinski definition) is 1. The van der Waals surface area contributed by atoms with E-state index in [2.05, 4.69) is 16.8 Å². The fourth-order valence-electron chi connectivity index (χ4n) is 2.94. The normalized spacial score (nSPS) is 11.6. The predicted molar refractivity (Wildman–Crippen MR) is 125 cm³/mol. The molecule has 0 aliphatic rings. The number of thiophene rings is 1. The van der Waals surface area contributed by atoms with E-state index in [0.717, 1.165) is 10.6 Å². The number of nitrogens with zero attached hydrogens (tertiary/aromatic N) is 1. The van der Waals surface area contributed by atoms with E-state index in [1.165, 1.54) is 22.0 Å². The van der Waals surface area contributed by atoms with Gasteiger partial charge < -0.3 is 5.32 Å². The number of carbonyl (C=O) groups excluding carboxylic acids is 1. The fraction of sp³-hybridized carbons (Fsp3) is 0.227. The number of nitrogens with one attached hydrogen (secondary N) is 1. The SMILES string of the molecule is CCN(CC)S(=O)(=O)c1cccc(C(=O)Nc2ccccc2SCc2ccsc2)c1. The van der Waals surface area contributed by atoms with Gasteiger partial charge in [0.1, 0.15) is 0 Å². The van der Waals surface area contributed by atoms with Crippen molar-refractivity contribution in [3.05, 3.63) is 76.5 Å². The molecule has 1 heterocycles. The maximum atomic E-state index is 12.9. The van der Waals surface area contributed by atoms with E-state index in [1.54, 1.807) is 49.1 Å². The molecule has 5 nitrogen and oxygen atoms in total. The maximum Gasteiger partial charge on any atom is 0.255 e. The van der Waals surface area contributed by atoms with Crippen molar-refractivity contribution in [1.82, 2.24) is 4.31 Å². The summed E-state index contributed by atoms with van der Waals surface area (Å²) >= 11 is 3.31. The summed E-state index contributed by atoms with van der Waals surface area (Å²) in [4.78, 5) is 13.9. The Hall–Kier alpha value is -2.13. The lowest BCUT2D eigenvalue weighted by Crippen LogP contribution is -2.30. The number of hydrogen-bond acceptors (Lipinski definition) is 5. The average Bonchev–Trinajstić information content (AvgIpc) is 3.27. The third-order valence-electron chi connectivity index (χ3n) is 4.55. The molecule has 0 spiro atoms. The van der Waals surface area contributed by atoms with E-state index < -0.39 is 10.0 Å². The molecule has 0 unspecified atom stereocenters. The monoisotopic (exact) mass is 460 g/mol. The average molecular weight is 461 g/mol. The van der Waals surface area contributed by atoms with Gasteiger partial charge in [-0.2, -0.15) is 15.6 Å². The van der Waals surface area contributed by atoms with Crippen LogP contribution in [0, 0.1) is 0 Å².